The third-order valence-corrected chi connectivity index (χ3v) is 3.41. The Balaban J connectivity index is 1.87. The molecular weight excluding hydrogens is 320 g/mol. The Morgan fingerprint density at radius 1 is 1.20 bits per heavy atom. The maximum Gasteiger partial charge on any atom is 0.277 e. The molecule has 25 heavy (non-hydrogen) atoms. The van der Waals surface area contributed by atoms with Gasteiger partial charge in [0.2, 0.25) is 0 Å². The Kier molecular flexibility index (Phi) is 6.39. The number of amides is 1. The fourth-order valence-corrected chi connectivity index (χ4v) is 2.10. The highest BCUT2D eigenvalue weighted by Gasteiger charge is 2.05. The predicted octanol–water partition coefficient (Wildman–Crippen LogP) is 2.94. The zero-order chi connectivity index (χ0) is 18.2. The summed E-state index contributed by atoms with van der Waals surface area (Å²) in [7, 11) is 0. The minimum absolute atomic E-state index is 0.0237. The average Bonchev–Trinajstić information content (AvgIpc) is 2.58. The molecule has 0 unspecified atom stereocenters. The summed E-state index contributed by atoms with van der Waals surface area (Å²) in [6, 6.07) is 10.7. The van der Waals surface area contributed by atoms with E-state index in [1.54, 1.807) is 12.1 Å². The molecule has 6 nitrogen and oxygen atoms in total. The average molecular weight is 342 g/mol. The Morgan fingerprint density at radius 2 is 2.00 bits per heavy atom. The maximum absolute atomic E-state index is 11.8. The van der Waals surface area contributed by atoms with Gasteiger partial charge in [-0.15, -0.1) is 0 Å². The van der Waals surface area contributed by atoms with E-state index in [0.717, 1.165) is 11.1 Å². The number of ether oxygens (including phenoxy) is 2. The molecule has 2 aromatic carbocycles. The van der Waals surface area contributed by atoms with Gasteiger partial charge in [0.15, 0.2) is 6.61 Å². The molecule has 6 heteroatoms. The van der Waals surface area contributed by atoms with Crippen LogP contribution in [-0.2, 0) is 4.79 Å². The Bertz CT molecular complexity index is 772. The third-order valence-electron chi connectivity index (χ3n) is 3.41. The van der Waals surface area contributed by atoms with Crippen molar-refractivity contribution in [2.75, 3.05) is 13.2 Å². The summed E-state index contributed by atoms with van der Waals surface area (Å²) in [5, 5.41) is 13.7. The van der Waals surface area contributed by atoms with Crippen LogP contribution in [0, 0.1) is 13.8 Å². The molecule has 0 spiro atoms. The number of hydrogen-bond acceptors (Lipinski definition) is 5. The molecule has 0 aliphatic rings. The lowest BCUT2D eigenvalue weighted by molar-refractivity contribution is -0.123. The van der Waals surface area contributed by atoms with Gasteiger partial charge in [-0.25, -0.2) is 5.43 Å². The highest BCUT2D eigenvalue weighted by Crippen LogP contribution is 2.22. The first-order valence-electron chi connectivity index (χ1n) is 7.97. The molecule has 0 saturated heterocycles. The van der Waals surface area contributed by atoms with E-state index in [0.29, 0.717) is 23.7 Å². The quantitative estimate of drug-likeness (QED) is 0.599. The molecule has 2 N–H and O–H groups in total. The van der Waals surface area contributed by atoms with Crippen molar-refractivity contribution in [1.29, 1.82) is 0 Å². The van der Waals surface area contributed by atoms with Crippen LogP contribution in [0.4, 0.5) is 0 Å². The summed E-state index contributed by atoms with van der Waals surface area (Å²) in [6.45, 7) is 6.11. The van der Waals surface area contributed by atoms with E-state index < -0.39 is 0 Å². The lowest BCUT2D eigenvalue weighted by Gasteiger charge is -2.09. The van der Waals surface area contributed by atoms with E-state index in [1.165, 1.54) is 12.3 Å². The van der Waals surface area contributed by atoms with Crippen molar-refractivity contribution < 1.29 is 19.4 Å². The summed E-state index contributed by atoms with van der Waals surface area (Å²) >= 11 is 0. The number of rotatable bonds is 7. The molecule has 0 aromatic heterocycles. The normalized spacial score (nSPS) is 10.7. The second-order valence-electron chi connectivity index (χ2n) is 5.50. The number of nitrogens with one attached hydrogen (secondary N) is 1. The molecule has 0 aliphatic heterocycles. The number of hydrazone groups is 1. The van der Waals surface area contributed by atoms with Crippen LogP contribution in [0.15, 0.2) is 41.5 Å². The van der Waals surface area contributed by atoms with Gasteiger partial charge in [-0.1, -0.05) is 12.1 Å². The molecule has 2 aromatic rings. The van der Waals surface area contributed by atoms with Gasteiger partial charge in [0, 0.05) is 11.6 Å². The third kappa shape index (κ3) is 5.53. The van der Waals surface area contributed by atoms with Gasteiger partial charge in [0.1, 0.15) is 17.2 Å². The molecule has 0 saturated carbocycles. The van der Waals surface area contributed by atoms with Crippen molar-refractivity contribution in [3.8, 4) is 17.2 Å². The van der Waals surface area contributed by atoms with Crippen molar-refractivity contribution in [3.63, 3.8) is 0 Å². The zero-order valence-electron chi connectivity index (χ0n) is 14.6. The van der Waals surface area contributed by atoms with Crippen molar-refractivity contribution in [2.24, 2.45) is 5.10 Å². The first-order chi connectivity index (χ1) is 12.0. The standard InChI is InChI=1S/C19H22N2O4/c1-4-24-16-8-7-15(17(22)10-16)11-20-21-19(23)12-25-18-9-13(2)5-6-14(18)3/h5-11,22H,4,12H2,1-3H3,(H,21,23)/b20-11-. The largest absolute Gasteiger partial charge is 0.507 e. The summed E-state index contributed by atoms with van der Waals surface area (Å²) in [5.41, 5.74) is 4.86. The van der Waals surface area contributed by atoms with Crippen LogP contribution < -0.4 is 14.9 Å². The van der Waals surface area contributed by atoms with Gasteiger partial charge in [0.25, 0.3) is 5.91 Å². The van der Waals surface area contributed by atoms with Gasteiger partial charge >= 0.3 is 0 Å². The molecule has 132 valence electrons. The lowest BCUT2D eigenvalue weighted by Crippen LogP contribution is -2.24. The fourth-order valence-electron chi connectivity index (χ4n) is 2.10. The highest BCUT2D eigenvalue weighted by atomic mass is 16.5. The molecule has 0 heterocycles. The molecule has 0 atom stereocenters. The number of hydrogen-bond donors (Lipinski definition) is 2. The summed E-state index contributed by atoms with van der Waals surface area (Å²) in [5.74, 6) is 0.879. The molecule has 0 radical (unpaired) electrons. The van der Waals surface area contributed by atoms with Crippen molar-refractivity contribution in [3.05, 3.63) is 53.1 Å². The zero-order valence-corrected chi connectivity index (χ0v) is 14.6. The lowest BCUT2D eigenvalue weighted by atomic mass is 10.1. The number of carbonyl (C=O) groups excluding carboxylic acids is 1. The Morgan fingerprint density at radius 3 is 2.72 bits per heavy atom. The van der Waals surface area contributed by atoms with E-state index in [9.17, 15) is 9.90 Å². The van der Waals surface area contributed by atoms with Gasteiger partial charge < -0.3 is 14.6 Å². The molecule has 1 amide bonds. The number of phenolic OH excluding ortho intramolecular Hbond substituents is 1. The number of nitrogens with zero attached hydrogens (tertiary/aromatic N) is 1. The SMILES string of the molecule is CCOc1ccc(/C=N\NC(=O)COc2cc(C)ccc2C)c(O)c1. The molecular formula is C19H22N2O4. The van der Waals surface area contributed by atoms with Gasteiger partial charge in [-0.2, -0.15) is 5.10 Å². The van der Waals surface area contributed by atoms with Crippen molar-refractivity contribution in [2.45, 2.75) is 20.8 Å². The Hall–Kier alpha value is -3.02. The minimum Gasteiger partial charge on any atom is -0.507 e. The molecule has 0 fully saturated rings. The fraction of sp³-hybridized carbons (Fsp3) is 0.263. The highest BCUT2D eigenvalue weighted by molar-refractivity contribution is 5.85. The second-order valence-corrected chi connectivity index (χ2v) is 5.50. The van der Waals surface area contributed by atoms with Crippen molar-refractivity contribution in [1.82, 2.24) is 5.43 Å². The smallest absolute Gasteiger partial charge is 0.277 e. The predicted molar refractivity (Wildman–Crippen MR) is 96.4 cm³/mol. The van der Waals surface area contributed by atoms with Crippen LogP contribution in [0.25, 0.3) is 0 Å². The summed E-state index contributed by atoms with van der Waals surface area (Å²) in [4.78, 5) is 11.8. The molecule has 0 aliphatic carbocycles. The van der Waals surface area contributed by atoms with Crippen LogP contribution in [0.1, 0.15) is 23.6 Å². The van der Waals surface area contributed by atoms with Crippen LogP contribution >= 0.6 is 0 Å². The van der Waals surface area contributed by atoms with E-state index in [2.05, 4.69) is 10.5 Å². The Labute approximate surface area is 147 Å². The van der Waals surface area contributed by atoms with E-state index in [4.69, 9.17) is 9.47 Å². The van der Waals surface area contributed by atoms with E-state index in [1.807, 2.05) is 39.0 Å². The number of phenols is 1. The van der Waals surface area contributed by atoms with E-state index in [-0.39, 0.29) is 18.3 Å². The summed E-state index contributed by atoms with van der Waals surface area (Å²) < 4.78 is 10.8. The number of benzene rings is 2. The maximum atomic E-state index is 11.8. The second kappa shape index (κ2) is 8.73. The van der Waals surface area contributed by atoms with E-state index >= 15 is 0 Å². The topological polar surface area (TPSA) is 80.2 Å². The monoisotopic (exact) mass is 342 g/mol. The summed E-state index contributed by atoms with van der Waals surface area (Å²) in [6.07, 6.45) is 1.36. The van der Waals surface area contributed by atoms with Crippen molar-refractivity contribution >= 4 is 12.1 Å². The minimum atomic E-state index is -0.386. The van der Waals surface area contributed by atoms with Gasteiger partial charge in [-0.05, 0) is 50.1 Å². The van der Waals surface area contributed by atoms with Crippen LogP contribution in [0.2, 0.25) is 0 Å². The van der Waals surface area contributed by atoms with Crippen LogP contribution in [-0.4, -0.2) is 30.4 Å². The van der Waals surface area contributed by atoms with Crippen LogP contribution in [0.5, 0.6) is 17.2 Å². The van der Waals surface area contributed by atoms with Gasteiger partial charge in [0.05, 0.1) is 12.8 Å². The molecule has 0 bridgehead atoms. The van der Waals surface area contributed by atoms with Gasteiger partial charge in [-0.3, -0.25) is 4.79 Å². The number of aromatic hydroxyl groups is 1. The number of aryl methyl sites for hydroxylation is 2. The molecule has 2 rings (SSSR count). The first-order valence-corrected chi connectivity index (χ1v) is 7.97. The number of carbonyl (C=O) groups is 1. The first kappa shape index (κ1) is 18.3. The van der Waals surface area contributed by atoms with Crippen LogP contribution in [0.3, 0.4) is 0 Å².